The van der Waals surface area contributed by atoms with Gasteiger partial charge >= 0.3 is 0 Å². The first-order valence-electron chi connectivity index (χ1n) is 6.57. The highest BCUT2D eigenvalue weighted by Gasteiger charge is 2.30. The third kappa shape index (κ3) is 4.00. The Morgan fingerprint density at radius 3 is 1.64 bits per heavy atom. The molecule has 1 heteroatoms. The first-order valence-corrected chi connectivity index (χ1v) is 6.57. The number of hydrogen-bond donors (Lipinski definition) is 1. The third-order valence-electron chi connectivity index (χ3n) is 3.50. The summed E-state index contributed by atoms with van der Waals surface area (Å²) < 4.78 is 0. The molecule has 1 N–H and O–H groups in total. The molecule has 0 spiro atoms. The van der Waals surface area contributed by atoms with Crippen molar-refractivity contribution in [1.82, 2.24) is 5.32 Å². The summed E-state index contributed by atoms with van der Waals surface area (Å²) in [6.07, 6.45) is 7.46. The molecule has 0 aromatic rings. The molecule has 2 saturated carbocycles. The van der Waals surface area contributed by atoms with Crippen LogP contribution in [0.25, 0.3) is 0 Å². The molecule has 3 fully saturated rings. The van der Waals surface area contributed by atoms with Gasteiger partial charge in [0.05, 0.1) is 0 Å². The van der Waals surface area contributed by atoms with Crippen molar-refractivity contribution in [2.75, 3.05) is 13.1 Å². The molecule has 0 radical (unpaired) electrons. The maximum Gasteiger partial charge on any atom is -0.00173 e. The van der Waals surface area contributed by atoms with Gasteiger partial charge in [-0.2, -0.15) is 0 Å². The molecule has 2 atom stereocenters. The van der Waals surface area contributed by atoms with Crippen LogP contribution in [0.1, 0.15) is 52.9 Å². The Labute approximate surface area is 89.7 Å². The van der Waals surface area contributed by atoms with Crippen molar-refractivity contribution in [3.63, 3.8) is 0 Å². The van der Waals surface area contributed by atoms with Gasteiger partial charge in [0.15, 0.2) is 0 Å². The van der Waals surface area contributed by atoms with Crippen LogP contribution in [-0.4, -0.2) is 13.1 Å². The normalized spacial score (nSPS) is 33.6. The second-order valence-corrected chi connectivity index (χ2v) is 4.79. The topological polar surface area (TPSA) is 12.0 Å². The maximum absolute atomic E-state index is 3.42. The van der Waals surface area contributed by atoms with E-state index in [1.807, 2.05) is 13.8 Å². The van der Waals surface area contributed by atoms with E-state index in [-0.39, 0.29) is 0 Å². The largest absolute Gasteiger partial charge is 0.316 e. The summed E-state index contributed by atoms with van der Waals surface area (Å²) in [5.74, 6) is 3.21. The molecule has 0 aromatic carbocycles. The van der Waals surface area contributed by atoms with Gasteiger partial charge in [-0.25, -0.2) is 0 Å². The molecule has 84 valence electrons. The molecule has 2 unspecified atom stereocenters. The Morgan fingerprint density at radius 2 is 1.29 bits per heavy atom. The zero-order chi connectivity index (χ0) is 10.4. The Morgan fingerprint density at radius 1 is 0.857 bits per heavy atom. The van der Waals surface area contributed by atoms with Gasteiger partial charge in [0.25, 0.3) is 0 Å². The standard InChI is InChI=1S/C7H13N.C4H8.C2H6/c1-2-6-4-8-5-7(6)3-1;1-4-2-3-4;1-2/h6-8H,1-5H2;4H,2-3H2,1H3;1-2H3. The zero-order valence-corrected chi connectivity index (χ0v) is 10.2. The van der Waals surface area contributed by atoms with Crippen LogP contribution in [0, 0.1) is 17.8 Å². The smallest absolute Gasteiger partial charge is 0.00173 e. The van der Waals surface area contributed by atoms with Crippen LogP contribution in [0.5, 0.6) is 0 Å². The Balaban J connectivity index is 0.000000139. The Kier molecular flexibility index (Phi) is 5.54. The van der Waals surface area contributed by atoms with E-state index in [0.717, 1.165) is 17.8 Å². The van der Waals surface area contributed by atoms with Crippen molar-refractivity contribution >= 4 is 0 Å². The fourth-order valence-corrected chi connectivity index (χ4v) is 2.27. The van der Waals surface area contributed by atoms with Crippen LogP contribution < -0.4 is 5.32 Å². The van der Waals surface area contributed by atoms with Gasteiger partial charge in [0.2, 0.25) is 0 Å². The monoisotopic (exact) mass is 197 g/mol. The number of nitrogens with one attached hydrogen (secondary N) is 1. The predicted octanol–water partition coefficient (Wildman–Crippen LogP) is 3.45. The van der Waals surface area contributed by atoms with E-state index in [2.05, 4.69) is 12.2 Å². The van der Waals surface area contributed by atoms with Crippen molar-refractivity contribution < 1.29 is 0 Å². The van der Waals surface area contributed by atoms with Crippen LogP contribution in [-0.2, 0) is 0 Å². The minimum absolute atomic E-state index is 1.06. The van der Waals surface area contributed by atoms with Crippen molar-refractivity contribution in [2.24, 2.45) is 17.8 Å². The molecule has 3 aliphatic rings. The fraction of sp³-hybridized carbons (Fsp3) is 1.00. The fourth-order valence-electron chi connectivity index (χ4n) is 2.27. The van der Waals surface area contributed by atoms with Crippen LogP contribution in [0.3, 0.4) is 0 Å². The minimum Gasteiger partial charge on any atom is -0.316 e. The summed E-state index contributed by atoms with van der Waals surface area (Å²) >= 11 is 0. The highest BCUT2D eigenvalue weighted by molar-refractivity contribution is 4.85. The molecular formula is C13H27N. The Hall–Kier alpha value is -0.0400. The predicted molar refractivity (Wildman–Crippen MR) is 63.4 cm³/mol. The summed E-state index contributed by atoms with van der Waals surface area (Å²) in [6.45, 7) is 8.90. The van der Waals surface area contributed by atoms with E-state index in [9.17, 15) is 0 Å². The first kappa shape index (κ1) is 12.0. The van der Waals surface area contributed by atoms with Gasteiger partial charge in [-0.1, -0.05) is 40.0 Å². The molecule has 1 aliphatic heterocycles. The molecule has 0 aromatic heterocycles. The van der Waals surface area contributed by atoms with Gasteiger partial charge < -0.3 is 5.32 Å². The lowest BCUT2D eigenvalue weighted by Gasteiger charge is -2.02. The third-order valence-corrected chi connectivity index (χ3v) is 3.50. The zero-order valence-electron chi connectivity index (χ0n) is 10.2. The summed E-state index contributed by atoms with van der Waals surface area (Å²) in [5.41, 5.74) is 0. The molecule has 14 heavy (non-hydrogen) atoms. The number of hydrogen-bond acceptors (Lipinski definition) is 1. The second-order valence-electron chi connectivity index (χ2n) is 4.79. The van der Waals surface area contributed by atoms with Crippen LogP contribution >= 0.6 is 0 Å². The molecule has 3 rings (SSSR count). The lowest BCUT2D eigenvalue weighted by molar-refractivity contribution is 0.494. The average Bonchev–Trinajstić information content (AvgIpc) is 2.72. The molecule has 1 nitrogen and oxygen atoms in total. The van der Waals surface area contributed by atoms with Crippen molar-refractivity contribution in [3.8, 4) is 0 Å². The Bertz CT molecular complexity index is 120. The van der Waals surface area contributed by atoms with Gasteiger partial charge in [-0.3, -0.25) is 0 Å². The van der Waals surface area contributed by atoms with Gasteiger partial charge in [0, 0.05) is 0 Å². The van der Waals surface area contributed by atoms with E-state index >= 15 is 0 Å². The quantitative estimate of drug-likeness (QED) is 0.627. The number of fused-ring (bicyclic) bond motifs is 1. The maximum atomic E-state index is 3.42. The summed E-state index contributed by atoms with van der Waals surface area (Å²) in [7, 11) is 0. The second kappa shape index (κ2) is 6.44. The molecule has 1 saturated heterocycles. The average molecular weight is 197 g/mol. The summed E-state index contributed by atoms with van der Waals surface area (Å²) in [6, 6.07) is 0. The highest BCUT2D eigenvalue weighted by Crippen LogP contribution is 2.33. The number of rotatable bonds is 0. The molecular weight excluding hydrogens is 170 g/mol. The minimum atomic E-state index is 1.06. The molecule has 0 bridgehead atoms. The van der Waals surface area contributed by atoms with Gasteiger partial charge in [-0.05, 0) is 43.7 Å². The van der Waals surface area contributed by atoms with Crippen LogP contribution in [0.4, 0.5) is 0 Å². The highest BCUT2D eigenvalue weighted by atomic mass is 14.9. The van der Waals surface area contributed by atoms with E-state index in [1.54, 1.807) is 0 Å². The van der Waals surface area contributed by atoms with Crippen molar-refractivity contribution in [1.29, 1.82) is 0 Å². The van der Waals surface area contributed by atoms with Crippen LogP contribution in [0.15, 0.2) is 0 Å². The molecule has 2 aliphatic carbocycles. The van der Waals surface area contributed by atoms with E-state index in [4.69, 9.17) is 0 Å². The van der Waals surface area contributed by atoms with Gasteiger partial charge in [-0.15, -0.1) is 0 Å². The lowest BCUT2D eigenvalue weighted by Crippen LogP contribution is -2.08. The van der Waals surface area contributed by atoms with Crippen molar-refractivity contribution in [2.45, 2.75) is 52.9 Å². The van der Waals surface area contributed by atoms with E-state index in [1.165, 1.54) is 45.2 Å². The summed E-state index contributed by atoms with van der Waals surface area (Å²) in [5, 5.41) is 3.42. The van der Waals surface area contributed by atoms with Crippen LogP contribution in [0.2, 0.25) is 0 Å². The van der Waals surface area contributed by atoms with Crippen molar-refractivity contribution in [3.05, 3.63) is 0 Å². The summed E-state index contributed by atoms with van der Waals surface area (Å²) in [4.78, 5) is 0. The molecule has 0 amide bonds. The first-order chi connectivity index (χ1) is 6.86. The van der Waals surface area contributed by atoms with E-state index < -0.39 is 0 Å². The SMILES string of the molecule is C1CC2CNCC2C1.CC.CC1CC1. The van der Waals surface area contributed by atoms with Gasteiger partial charge in [0.1, 0.15) is 0 Å². The molecule has 1 heterocycles. The van der Waals surface area contributed by atoms with E-state index in [0.29, 0.717) is 0 Å². The lowest BCUT2D eigenvalue weighted by atomic mass is 10.0.